The van der Waals surface area contributed by atoms with Crippen LogP contribution in [-0.2, 0) is 7.05 Å². The number of aryl methyl sites for hydroxylation is 1. The molecule has 4 aromatic rings. The van der Waals surface area contributed by atoms with Crippen LogP contribution >= 0.6 is 11.3 Å². The van der Waals surface area contributed by atoms with Crippen molar-refractivity contribution >= 4 is 32.5 Å². The normalized spacial score (nSPS) is 11.7. The number of fused-ring (bicyclic) bond motifs is 2. The number of rotatable bonds is 1. The molecule has 0 aliphatic heterocycles. The van der Waals surface area contributed by atoms with Crippen LogP contribution in [0.5, 0.6) is 0 Å². The largest absolute Gasteiger partial charge is 0.274 e. The smallest absolute Gasteiger partial charge is 0.153 e. The zero-order valence-electron chi connectivity index (χ0n) is 10.0. The van der Waals surface area contributed by atoms with Gasteiger partial charge in [0.25, 0.3) is 0 Å². The standard InChI is InChI=1S/C13H9FN4S/c1-17-6-9-4-10(5-11(14)12(9)15-17)18-7-8-2-3-19-13(8)16-18/h2-7H,1H3. The van der Waals surface area contributed by atoms with Gasteiger partial charge in [0.15, 0.2) is 5.82 Å². The number of thiophene rings is 1. The highest BCUT2D eigenvalue weighted by Gasteiger charge is 2.10. The average molecular weight is 272 g/mol. The minimum Gasteiger partial charge on any atom is -0.274 e. The zero-order valence-corrected chi connectivity index (χ0v) is 10.9. The van der Waals surface area contributed by atoms with Crippen LogP contribution in [0.4, 0.5) is 4.39 Å². The van der Waals surface area contributed by atoms with Gasteiger partial charge in [-0.2, -0.15) is 10.2 Å². The average Bonchev–Trinajstić information content (AvgIpc) is 3.00. The first-order valence-corrected chi connectivity index (χ1v) is 6.65. The Morgan fingerprint density at radius 3 is 2.89 bits per heavy atom. The fraction of sp³-hybridized carbons (Fsp3) is 0.0769. The molecule has 0 N–H and O–H groups in total. The Morgan fingerprint density at radius 1 is 1.16 bits per heavy atom. The van der Waals surface area contributed by atoms with E-state index in [0.29, 0.717) is 11.2 Å². The van der Waals surface area contributed by atoms with Gasteiger partial charge < -0.3 is 0 Å². The van der Waals surface area contributed by atoms with Crippen molar-refractivity contribution in [2.45, 2.75) is 0 Å². The quantitative estimate of drug-likeness (QED) is 0.533. The number of aromatic nitrogens is 4. The van der Waals surface area contributed by atoms with Crippen molar-refractivity contribution in [3.63, 3.8) is 0 Å². The summed E-state index contributed by atoms with van der Waals surface area (Å²) in [5, 5.41) is 12.4. The SMILES string of the molecule is Cn1cc2cc(-n3cc4ccsc4n3)cc(F)c2n1. The summed E-state index contributed by atoms with van der Waals surface area (Å²) in [4.78, 5) is 0.951. The predicted octanol–water partition coefficient (Wildman–Crippen LogP) is 3.11. The van der Waals surface area contributed by atoms with Crippen LogP contribution in [0, 0.1) is 5.82 Å². The van der Waals surface area contributed by atoms with E-state index in [1.807, 2.05) is 23.7 Å². The lowest BCUT2D eigenvalue weighted by Crippen LogP contribution is -1.95. The number of halogens is 1. The molecule has 0 atom stereocenters. The summed E-state index contributed by atoms with van der Waals surface area (Å²) in [6.07, 6.45) is 3.70. The van der Waals surface area contributed by atoms with Gasteiger partial charge in [0.2, 0.25) is 0 Å². The summed E-state index contributed by atoms with van der Waals surface area (Å²) in [7, 11) is 1.78. The van der Waals surface area contributed by atoms with Crippen LogP contribution in [0.2, 0.25) is 0 Å². The number of hydrogen-bond donors (Lipinski definition) is 0. The van der Waals surface area contributed by atoms with Crippen molar-refractivity contribution in [3.8, 4) is 5.69 Å². The van der Waals surface area contributed by atoms with Gasteiger partial charge >= 0.3 is 0 Å². The van der Waals surface area contributed by atoms with Crippen LogP contribution in [-0.4, -0.2) is 19.6 Å². The molecule has 0 radical (unpaired) electrons. The first-order chi connectivity index (χ1) is 9.20. The van der Waals surface area contributed by atoms with Crippen LogP contribution in [0.3, 0.4) is 0 Å². The van der Waals surface area contributed by atoms with Crippen molar-refractivity contribution < 1.29 is 4.39 Å². The summed E-state index contributed by atoms with van der Waals surface area (Å²) in [5.41, 5.74) is 1.10. The first-order valence-electron chi connectivity index (χ1n) is 5.77. The molecular weight excluding hydrogens is 263 g/mol. The van der Waals surface area contributed by atoms with E-state index in [2.05, 4.69) is 10.2 Å². The Bertz CT molecular complexity index is 873. The molecule has 0 fully saturated rings. The Kier molecular flexibility index (Phi) is 2.05. The second-order valence-corrected chi connectivity index (χ2v) is 5.32. The fourth-order valence-electron chi connectivity index (χ4n) is 2.21. The van der Waals surface area contributed by atoms with Gasteiger partial charge in [0.05, 0.1) is 5.69 Å². The molecule has 1 aromatic carbocycles. The molecule has 0 bridgehead atoms. The van der Waals surface area contributed by atoms with Gasteiger partial charge in [-0.1, -0.05) is 0 Å². The molecule has 0 unspecified atom stereocenters. The molecule has 19 heavy (non-hydrogen) atoms. The summed E-state index contributed by atoms with van der Waals surface area (Å²) < 4.78 is 17.3. The summed E-state index contributed by atoms with van der Waals surface area (Å²) in [6.45, 7) is 0. The second-order valence-electron chi connectivity index (χ2n) is 4.42. The van der Waals surface area contributed by atoms with Gasteiger partial charge in [0.1, 0.15) is 10.3 Å². The van der Waals surface area contributed by atoms with Crippen molar-refractivity contribution in [1.29, 1.82) is 0 Å². The molecule has 6 heteroatoms. The predicted molar refractivity (Wildman–Crippen MR) is 73.2 cm³/mol. The third kappa shape index (κ3) is 1.57. The van der Waals surface area contributed by atoms with Crippen molar-refractivity contribution in [2.24, 2.45) is 7.05 Å². The minimum absolute atomic E-state index is 0.327. The van der Waals surface area contributed by atoms with Gasteiger partial charge in [-0.15, -0.1) is 11.3 Å². The molecule has 0 saturated heterocycles. The Labute approximate surface area is 111 Å². The molecule has 4 nitrogen and oxygen atoms in total. The van der Waals surface area contributed by atoms with Gasteiger partial charge in [0, 0.05) is 36.3 Å². The van der Waals surface area contributed by atoms with E-state index in [1.165, 1.54) is 6.07 Å². The lowest BCUT2D eigenvalue weighted by Gasteiger charge is -2.01. The summed E-state index contributed by atoms with van der Waals surface area (Å²) in [6, 6.07) is 5.36. The monoisotopic (exact) mass is 272 g/mol. The fourth-order valence-corrected chi connectivity index (χ4v) is 2.95. The maximum absolute atomic E-state index is 14.0. The van der Waals surface area contributed by atoms with Crippen molar-refractivity contribution in [2.75, 3.05) is 0 Å². The zero-order chi connectivity index (χ0) is 13.0. The van der Waals surface area contributed by atoms with Gasteiger partial charge in [-0.05, 0) is 17.5 Å². The minimum atomic E-state index is -0.327. The van der Waals surface area contributed by atoms with E-state index in [-0.39, 0.29) is 5.82 Å². The third-order valence-electron chi connectivity index (χ3n) is 3.06. The second kappa shape index (κ2) is 3.64. The molecule has 3 aromatic heterocycles. The Balaban J connectivity index is 1.97. The van der Waals surface area contributed by atoms with E-state index in [0.717, 1.165) is 15.6 Å². The number of benzene rings is 1. The Morgan fingerprint density at radius 2 is 2.05 bits per heavy atom. The van der Waals surface area contributed by atoms with Crippen LogP contribution in [0.1, 0.15) is 0 Å². The lowest BCUT2D eigenvalue weighted by atomic mass is 10.2. The topological polar surface area (TPSA) is 35.6 Å². The maximum Gasteiger partial charge on any atom is 0.153 e. The summed E-state index contributed by atoms with van der Waals surface area (Å²) >= 11 is 1.57. The van der Waals surface area contributed by atoms with E-state index >= 15 is 0 Å². The summed E-state index contributed by atoms with van der Waals surface area (Å²) in [5.74, 6) is -0.327. The molecule has 0 saturated carbocycles. The van der Waals surface area contributed by atoms with E-state index in [4.69, 9.17) is 0 Å². The third-order valence-corrected chi connectivity index (χ3v) is 3.87. The molecule has 0 aliphatic carbocycles. The molecule has 0 amide bonds. The van der Waals surface area contributed by atoms with Gasteiger partial charge in [-0.25, -0.2) is 9.07 Å². The van der Waals surface area contributed by atoms with E-state index < -0.39 is 0 Å². The van der Waals surface area contributed by atoms with Gasteiger partial charge in [-0.3, -0.25) is 4.68 Å². The van der Waals surface area contributed by atoms with Crippen molar-refractivity contribution in [3.05, 3.63) is 41.8 Å². The Hall–Kier alpha value is -2.21. The highest BCUT2D eigenvalue weighted by atomic mass is 32.1. The number of hydrogen-bond acceptors (Lipinski definition) is 3. The van der Waals surface area contributed by atoms with Crippen LogP contribution in [0.25, 0.3) is 26.8 Å². The number of nitrogens with zero attached hydrogens (tertiary/aromatic N) is 4. The first kappa shape index (κ1) is 10.7. The van der Waals surface area contributed by atoms with Crippen LogP contribution < -0.4 is 0 Å². The lowest BCUT2D eigenvalue weighted by molar-refractivity contribution is 0.630. The van der Waals surface area contributed by atoms with E-state index in [9.17, 15) is 4.39 Å². The molecule has 0 aliphatic rings. The molecule has 0 spiro atoms. The highest BCUT2D eigenvalue weighted by Crippen LogP contribution is 2.24. The maximum atomic E-state index is 14.0. The molecular formula is C13H9FN4S. The highest BCUT2D eigenvalue weighted by molar-refractivity contribution is 7.16. The van der Waals surface area contributed by atoms with Crippen molar-refractivity contribution in [1.82, 2.24) is 19.6 Å². The van der Waals surface area contributed by atoms with Crippen LogP contribution in [0.15, 0.2) is 36.0 Å². The van der Waals surface area contributed by atoms with E-state index in [1.54, 1.807) is 33.9 Å². The molecule has 3 heterocycles. The molecule has 94 valence electrons. The molecule has 4 rings (SSSR count).